The zero-order valence-electron chi connectivity index (χ0n) is 16.4. The number of piperidine rings is 1. The molecule has 1 saturated heterocycles. The number of nitrogens with zero attached hydrogens (tertiary/aromatic N) is 1. The number of hydrogen-bond donors (Lipinski definition) is 3. The number of carbonyl (C=O) groups is 3. The van der Waals surface area contributed by atoms with Crippen molar-refractivity contribution in [3.8, 4) is 0 Å². The van der Waals surface area contributed by atoms with Gasteiger partial charge in [-0.2, -0.15) is 0 Å². The lowest BCUT2D eigenvalue weighted by atomic mass is 9.95. The van der Waals surface area contributed by atoms with Crippen LogP contribution in [0.3, 0.4) is 0 Å². The number of rotatable bonds is 7. The third-order valence-corrected chi connectivity index (χ3v) is 5.03. The van der Waals surface area contributed by atoms with Gasteiger partial charge in [0.15, 0.2) is 0 Å². The van der Waals surface area contributed by atoms with Crippen LogP contribution in [0.2, 0.25) is 0 Å². The van der Waals surface area contributed by atoms with Gasteiger partial charge in [-0.1, -0.05) is 26.0 Å². The number of hydrogen-bond acceptors (Lipinski definition) is 4. The molecule has 1 fully saturated rings. The molecular weight excluding hydrogens is 363 g/mol. The van der Waals surface area contributed by atoms with Crippen LogP contribution in [0.15, 0.2) is 24.3 Å². The Balaban J connectivity index is 1.71. The molecule has 0 aromatic heterocycles. The van der Waals surface area contributed by atoms with Crippen LogP contribution in [-0.2, 0) is 20.9 Å². The van der Waals surface area contributed by atoms with E-state index in [1.165, 1.54) is 12.1 Å². The molecule has 1 aliphatic rings. The second-order valence-electron chi connectivity index (χ2n) is 7.49. The topological polar surface area (TPSA) is 105 Å². The van der Waals surface area contributed by atoms with E-state index in [-0.39, 0.29) is 41.9 Å². The van der Waals surface area contributed by atoms with Crippen LogP contribution in [0.4, 0.5) is 4.39 Å². The van der Waals surface area contributed by atoms with E-state index in [4.69, 9.17) is 5.73 Å². The molecule has 4 N–H and O–H groups in total. The molecule has 28 heavy (non-hydrogen) atoms. The van der Waals surface area contributed by atoms with Gasteiger partial charge in [0.25, 0.3) is 0 Å². The van der Waals surface area contributed by atoms with Crippen LogP contribution in [0.1, 0.15) is 32.3 Å². The van der Waals surface area contributed by atoms with Gasteiger partial charge < -0.3 is 21.3 Å². The number of carbonyl (C=O) groups excluding carboxylic acids is 3. The van der Waals surface area contributed by atoms with Crippen molar-refractivity contribution in [3.05, 3.63) is 35.6 Å². The second-order valence-corrected chi connectivity index (χ2v) is 7.49. The molecule has 8 heteroatoms. The summed E-state index contributed by atoms with van der Waals surface area (Å²) in [5, 5.41) is 5.44. The third kappa shape index (κ3) is 6.30. The maximum absolute atomic E-state index is 12.9. The fraction of sp³-hybridized carbons (Fsp3) is 0.550. The standard InChI is InChI=1S/C20H29FN4O3/c1-13(2)18(22)20(28)24-12-17(26)25-9-7-15(8-10-25)19(27)23-11-14-3-5-16(21)6-4-14/h3-6,13,15,18H,7-12,22H2,1-2H3,(H,23,27)(H,24,28)/t18-/m0/s1. The van der Waals surface area contributed by atoms with Crippen molar-refractivity contribution in [2.24, 2.45) is 17.6 Å². The van der Waals surface area contributed by atoms with Gasteiger partial charge in [0.05, 0.1) is 12.6 Å². The summed E-state index contributed by atoms with van der Waals surface area (Å²) in [5.74, 6) is -1.04. The molecule has 0 radical (unpaired) electrons. The predicted molar refractivity (Wildman–Crippen MR) is 103 cm³/mol. The summed E-state index contributed by atoms with van der Waals surface area (Å²) >= 11 is 0. The summed E-state index contributed by atoms with van der Waals surface area (Å²) in [7, 11) is 0. The van der Waals surface area contributed by atoms with Gasteiger partial charge in [-0.05, 0) is 36.5 Å². The average molecular weight is 392 g/mol. The zero-order chi connectivity index (χ0) is 20.7. The number of amides is 3. The van der Waals surface area contributed by atoms with E-state index in [0.717, 1.165) is 5.56 Å². The molecule has 1 atom stereocenters. The van der Waals surface area contributed by atoms with E-state index in [2.05, 4.69) is 10.6 Å². The Morgan fingerprint density at radius 3 is 2.32 bits per heavy atom. The van der Waals surface area contributed by atoms with Crippen molar-refractivity contribution < 1.29 is 18.8 Å². The highest BCUT2D eigenvalue weighted by atomic mass is 19.1. The monoisotopic (exact) mass is 392 g/mol. The Morgan fingerprint density at radius 1 is 1.14 bits per heavy atom. The van der Waals surface area contributed by atoms with Crippen molar-refractivity contribution in [3.63, 3.8) is 0 Å². The van der Waals surface area contributed by atoms with E-state index in [1.807, 2.05) is 13.8 Å². The minimum Gasteiger partial charge on any atom is -0.352 e. The van der Waals surface area contributed by atoms with Crippen molar-refractivity contribution >= 4 is 17.7 Å². The third-order valence-electron chi connectivity index (χ3n) is 5.03. The van der Waals surface area contributed by atoms with Crippen molar-refractivity contribution in [2.45, 2.75) is 39.3 Å². The van der Waals surface area contributed by atoms with E-state index in [9.17, 15) is 18.8 Å². The number of benzene rings is 1. The van der Waals surface area contributed by atoms with Crippen molar-refractivity contribution in [1.82, 2.24) is 15.5 Å². The lowest BCUT2D eigenvalue weighted by Crippen LogP contribution is -2.49. The Kier molecular flexibility index (Phi) is 7.92. The molecule has 0 unspecified atom stereocenters. The van der Waals surface area contributed by atoms with E-state index in [0.29, 0.717) is 32.5 Å². The normalized spacial score (nSPS) is 16.0. The van der Waals surface area contributed by atoms with E-state index < -0.39 is 6.04 Å². The van der Waals surface area contributed by atoms with Gasteiger partial charge in [-0.25, -0.2) is 4.39 Å². The number of likely N-dealkylation sites (tertiary alicyclic amines) is 1. The SMILES string of the molecule is CC(C)[C@H](N)C(=O)NCC(=O)N1CCC(C(=O)NCc2ccc(F)cc2)CC1. The van der Waals surface area contributed by atoms with E-state index in [1.54, 1.807) is 17.0 Å². The molecular formula is C20H29FN4O3. The van der Waals surface area contributed by atoms with Gasteiger partial charge >= 0.3 is 0 Å². The Hall–Kier alpha value is -2.48. The number of nitrogens with one attached hydrogen (secondary N) is 2. The quantitative estimate of drug-likeness (QED) is 0.638. The first-order valence-corrected chi connectivity index (χ1v) is 9.61. The van der Waals surface area contributed by atoms with Crippen LogP contribution >= 0.6 is 0 Å². The summed E-state index contributed by atoms with van der Waals surface area (Å²) in [4.78, 5) is 38.1. The fourth-order valence-corrected chi connectivity index (χ4v) is 3.02. The molecule has 1 aliphatic heterocycles. The zero-order valence-corrected chi connectivity index (χ0v) is 16.4. The molecule has 0 spiro atoms. The molecule has 1 heterocycles. The van der Waals surface area contributed by atoms with Crippen molar-refractivity contribution in [2.75, 3.05) is 19.6 Å². The molecule has 154 valence electrons. The molecule has 0 aliphatic carbocycles. The number of halogens is 1. The molecule has 1 aromatic carbocycles. The minimum absolute atomic E-state index is 0.000677. The van der Waals surface area contributed by atoms with Gasteiger partial charge in [0, 0.05) is 25.6 Å². The summed E-state index contributed by atoms with van der Waals surface area (Å²) in [5.41, 5.74) is 6.59. The van der Waals surface area contributed by atoms with Gasteiger partial charge in [0.1, 0.15) is 5.82 Å². The van der Waals surface area contributed by atoms with Crippen LogP contribution in [0.25, 0.3) is 0 Å². The summed E-state index contributed by atoms with van der Waals surface area (Å²) in [6.45, 7) is 4.90. The summed E-state index contributed by atoms with van der Waals surface area (Å²) in [6.07, 6.45) is 1.14. The first-order valence-electron chi connectivity index (χ1n) is 9.61. The smallest absolute Gasteiger partial charge is 0.241 e. The molecule has 7 nitrogen and oxygen atoms in total. The van der Waals surface area contributed by atoms with Gasteiger partial charge in [-0.15, -0.1) is 0 Å². The van der Waals surface area contributed by atoms with Crippen LogP contribution in [-0.4, -0.2) is 48.3 Å². The fourth-order valence-electron chi connectivity index (χ4n) is 3.02. The lowest BCUT2D eigenvalue weighted by Gasteiger charge is -2.31. The summed E-state index contributed by atoms with van der Waals surface area (Å²) in [6, 6.07) is 5.35. The largest absolute Gasteiger partial charge is 0.352 e. The Bertz CT molecular complexity index is 685. The van der Waals surface area contributed by atoms with Crippen molar-refractivity contribution in [1.29, 1.82) is 0 Å². The molecule has 1 aromatic rings. The minimum atomic E-state index is -0.636. The number of nitrogens with two attached hydrogens (primary N) is 1. The Labute approximate surface area is 164 Å². The highest BCUT2D eigenvalue weighted by Gasteiger charge is 2.27. The first-order chi connectivity index (χ1) is 13.3. The van der Waals surface area contributed by atoms with Crippen LogP contribution in [0, 0.1) is 17.7 Å². The molecule has 0 saturated carbocycles. The average Bonchev–Trinajstić information content (AvgIpc) is 2.70. The Morgan fingerprint density at radius 2 is 1.75 bits per heavy atom. The highest BCUT2D eigenvalue weighted by molar-refractivity contribution is 5.87. The molecule has 3 amide bonds. The van der Waals surface area contributed by atoms with Crippen LogP contribution in [0.5, 0.6) is 0 Å². The van der Waals surface area contributed by atoms with Gasteiger partial charge in [-0.3, -0.25) is 14.4 Å². The van der Waals surface area contributed by atoms with E-state index >= 15 is 0 Å². The maximum Gasteiger partial charge on any atom is 0.241 e. The predicted octanol–water partition coefficient (Wildman–Crippen LogP) is 0.780. The second kappa shape index (κ2) is 10.2. The first kappa shape index (κ1) is 21.8. The summed E-state index contributed by atoms with van der Waals surface area (Å²) < 4.78 is 12.9. The maximum atomic E-state index is 12.9. The molecule has 2 rings (SSSR count). The van der Waals surface area contributed by atoms with Crippen LogP contribution < -0.4 is 16.4 Å². The molecule has 0 bridgehead atoms. The van der Waals surface area contributed by atoms with Gasteiger partial charge in [0.2, 0.25) is 17.7 Å². The highest BCUT2D eigenvalue weighted by Crippen LogP contribution is 2.17. The lowest BCUT2D eigenvalue weighted by molar-refractivity contribution is -0.136.